The maximum Gasteiger partial charge on any atom is 0.240 e. The monoisotopic (exact) mass is 242 g/mol. The van der Waals surface area contributed by atoms with E-state index in [9.17, 15) is 4.79 Å². The topological polar surface area (TPSA) is 64.4 Å². The molecule has 1 heterocycles. The van der Waals surface area contributed by atoms with Crippen molar-refractivity contribution in [2.45, 2.75) is 58.0 Å². The van der Waals surface area contributed by atoms with Crippen molar-refractivity contribution in [1.82, 2.24) is 5.32 Å². The molecule has 0 radical (unpaired) electrons. The lowest BCUT2D eigenvalue weighted by molar-refractivity contribution is -0.127. The van der Waals surface area contributed by atoms with Crippen LogP contribution in [0.5, 0.6) is 0 Å². The first-order valence-corrected chi connectivity index (χ1v) is 6.65. The summed E-state index contributed by atoms with van der Waals surface area (Å²) in [6, 6.07) is 0.186. The fraction of sp³-hybridized carbons (Fsp3) is 0.923. The summed E-state index contributed by atoms with van der Waals surface area (Å²) < 4.78 is 5.32. The van der Waals surface area contributed by atoms with Gasteiger partial charge in [-0.05, 0) is 39.0 Å². The molecular weight excluding hydrogens is 216 g/mol. The van der Waals surface area contributed by atoms with Gasteiger partial charge in [0.15, 0.2) is 0 Å². The van der Waals surface area contributed by atoms with E-state index in [2.05, 4.69) is 12.2 Å². The van der Waals surface area contributed by atoms with Crippen molar-refractivity contribution < 1.29 is 9.53 Å². The molecule has 1 saturated heterocycles. The van der Waals surface area contributed by atoms with Crippen LogP contribution in [-0.4, -0.2) is 30.7 Å². The molecule has 17 heavy (non-hydrogen) atoms. The summed E-state index contributed by atoms with van der Waals surface area (Å²) in [6.45, 7) is 7.53. The third-order valence-electron chi connectivity index (χ3n) is 3.62. The first-order chi connectivity index (χ1) is 7.97. The fourth-order valence-corrected chi connectivity index (χ4v) is 2.34. The number of ether oxygens (including phenoxy) is 1. The Bertz CT molecular complexity index is 248. The van der Waals surface area contributed by atoms with Crippen molar-refractivity contribution in [3.05, 3.63) is 0 Å². The summed E-state index contributed by atoms with van der Waals surface area (Å²) in [6.07, 6.45) is 3.69. The average Bonchev–Trinajstić information content (AvgIpc) is 2.30. The standard InChI is InChI=1S/C13H26N2O2/c1-4-7-13(3,14)12(16)15-10(2)11-5-8-17-9-6-11/h10-11H,4-9,14H2,1-3H3,(H,15,16). The fourth-order valence-electron chi connectivity index (χ4n) is 2.34. The number of nitrogens with one attached hydrogen (secondary N) is 1. The molecule has 1 aliphatic rings. The van der Waals surface area contributed by atoms with Gasteiger partial charge in [-0.15, -0.1) is 0 Å². The van der Waals surface area contributed by atoms with E-state index < -0.39 is 5.54 Å². The summed E-state index contributed by atoms with van der Waals surface area (Å²) >= 11 is 0. The number of hydrogen-bond donors (Lipinski definition) is 2. The molecule has 4 nitrogen and oxygen atoms in total. The molecule has 0 aromatic heterocycles. The normalized spacial score (nSPS) is 22.8. The predicted octanol–water partition coefficient (Wildman–Crippen LogP) is 1.44. The van der Waals surface area contributed by atoms with Gasteiger partial charge in [-0.2, -0.15) is 0 Å². The molecule has 0 aliphatic carbocycles. The molecule has 0 saturated carbocycles. The Morgan fingerprint density at radius 3 is 2.65 bits per heavy atom. The van der Waals surface area contributed by atoms with E-state index in [-0.39, 0.29) is 11.9 Å². The Balaban J connectivity index is 2.44. The van der Waals surface area contributed by atoms with E-state index in [1.807, 2.05) is 13.8 Å². The van der Waals surface area contributed by atoms with Crippen LogP contribution in [0.4, 0.5) is 0 Å². The minimum Gasteiger partial charge on any atom is -0.381 e. The molecule has 2 atom stereocenters. The van der Waals surface area contributed by atoms with E-state index >= 15 is 0 Å². The number of rotatable bonds is 5. The molecule has 100 valence electrons. The van der Waals surface area contributed by atoms with Gasteiger partial charge in [0, 0.05) is 19.3 Å². The number of nitrogens with two attached hydrogens (primary N) is 1. The zero-order valence-electron chi connectivity index (χ0n) is 11.3. The Morgan fingerprint density at radius 2 is 2.12 bits per heavy atom. The van der Waals surface area contributed by atoms with E-state index in [0.29, 0.717) is 5.92 Å². The van der Waals surface area contributed by atoms with Gasteiger partial charge in [0.1, 0.15) is 0 Å². The van der Waals surface area contributed by atoms with Crippen molar-refractivity contribution in [2.24, 2.45) is 11.7 Å². The highest BCUT2D eigenvalue weighted by Gasteiger charge is 2.30. The zero-order valence-corrected chi connectivity index (χ0v) is 11.3. The van der Waals surface area contributed by atoms with Gasteiger partial charge in [0.25, 0.3) is 0 Å². The number of amides is 1. The summed E-state index contributed by atoms with van der Waals surface area (Å²) in [5.41, 5.74) is 5.27. The van der Waals surface area contributed by atoms with Crippen molar-refractivity contribution >= 4 is 5.91 Å². The number of carbonyl (C=O) groups excluding carboxylic acids is 1. The zero-order chi connectivity index (χ0) is 12.9. The average molecular weight is 242 g/mol. The number of hydrogen-bond acceptors (Lipinski definition) is 3. The highest BCUT2D eigenvalue weighted by atomic mass is 16.5. The second-order valence-electron chi connectivity index (χ2n) is 5.38. The van der Waals surface area contributed by atoms with Crippen LogP contribution in [0.2, 0.25) is 0 Å². The van der Waals surface area contributed by atoms with E-state index in [1.54, 1.807) is 0 Å². The Kier molecular flexibility index (Phi) is 5.40. The van der Waals surface area contributed by atoms with Crippen molar-refractivity contribution in [3.8, 4) is 0 Å². The minimum absolute atomic E-state index is 0.0293. The SMILES string of the molecule is CCCC(C)(N)C(=O)NC(C)C1CCOCC1. The van der Waals surface area contributed by atoms with E-state index in [4.69, 9.17) is 10.5 Å². The summed E-state index contributed by atoms with van der Waals surface area (Å²) in [4.78, 5) is 12.0. The van der Waals surface area contributed by atoms with Crippen LogP contribution in [0, 0.1) is 5.92 Å². The van der Waals surface area contributed by atoms with Crippen LogP contribution in [0.1, 0.15) is 46.5 Å². The van der Waals surface area contributed by atoms with Crippen LogP contribution in [0.15, 0.2) is 0 Å². The molecule has 1 fully saturated rings. The van der Waals surface area contributed by atoms with Crippen LogP contribution in [0.3, 0.4) is 0 Å². The third kappa shape index (κ3) is 4.28. The Hall–Kier alpha value is -0.610. The van der Waals surface area contributed by atoms with Crippen LogP contribution in [-0.2, 0) is 9.53 Å². The van der Waals surface area contributed by atoms with E-state index in [0.717, 1.165) is 38.9 Å². The second kappa shape index (κ2) is 6.36. The highest BCUT2D eigenvalue weighted by Crippen LogP contribution is 2.19. The molecule has 1 amide bonds. The molecule has 1 aliphatic heterocycles. The van der Waals surface area contributed by atoms with Gasteiger partial charge in [0.05, 0.1) is 5.54 Å². The lowest BCUT2D eigenvalue weighted by Crippen LogP contribution is -2.55. The first kappa shape index (κ1) is 14.5. The summed E-state index contributed by atoms with van der Waals surface area (Å²) in [7, 11) is 0. The van der Waals surface area contributed by atoms with E-state index in [1.165, 1.54) is 0 Å². The lowest BCUT2D eigenvalue weighted by Gasteiger charge is -2.31. The minimum atomic E-state index is -0.742. The van der Waals surface area contributed by atoms with Crippen molar-refractivity contribution in [1.29, 1.82) is 0 Å². The van der Waals surface area contributed by atoms with Gasteiger partial charge in [-0.25, -0.2) is 0 Å². The van der Waals surface area contributed by atoms with Crippen LogP contribution >= 0.6 is 0 Å². The first-order valence-electron chi connectivity index (χ1n) is 6.65. The van der Waals surface area contributed by atoms with Crippen LogP contribution in [0.25, 0.3) is 0 Å². The Morgan fingerprint density at radius 1 is 1.53 bits per heavy atom. The molecule has 1 rings (SSSR count). The quantitative estimate of drug-likeness (QED) is 0.766. The molecule has 0 aromatic carbocycles. The highest BCUT2D eigenvalue weighted by molar-refractivity contribution is 5.85. The molecule has 2 unspecified atom stereocenters. The predicted molar refractivity (Wildman–Crippen MR) is 68.6 cm³/mol. The summed E-state index contributed by atoms with van der Waals surface area (Å²) in [5.74, 6) is 0.489. The molecule has 0 aromatic rings. The Labute approximate surface area is 104 Å². The largest absolute Gasteiger partial charge is 0.381 e. The third-order valence-corrected chi connectivity index (χ3v) is 3.62. The second-order valence-corrected chi connectivity index (χ2v) is 5.38. The van der Waals surface area contributed by atoms with Gasteiger partial charge in [-0.1, -0.05) is 13.3 Å². The van der Waals surface area contributed by atoms with Crippen molar-refractivity contribution in [3.63, 3.8) is 0 Å². The molecule has 4 heteroatoms. The molecular formula is C13H26N2O2. The molecule has 0 spiro atoms. The van der Waals surface area contributed by atoms with Crippen LogP contribution < -0.4 is 11.1 Å². The molecule has 3 N–H and O–H groups in total. The molecule has 0 bridgehead atoms. The number of carbonyl (C=O) groups is 1. The van der Waals surface area contributed by atoms with Gasteiger partial charge >= 0.3 is 0 Å². The summed E-state index contributed by atoms with van der Waals surface area (Å²) in [5, 5.41) is 3.06. The smallest absolute Gasteiger partial charge is 0.240 e. The maximum absolute atomic E-state index is 12.0. The van der Waals surface area contributed by atoms with Gasteiger partial charge in [0.2, 0.25) is 5.91 Å². The van der Waals surface area contributed by atoms with Gasteiger partial charge in [-0.3, -0.25) is 4.79 Å². The lowest BCUT2D eigenvalue weighted by atomic mass is 9.91. The maximum atomic E-state index is 12.0. The van der Waals surface area contributed by atoms with Crippen molar-refractivity contribution in [2.75, 3.05) is 13.2 Å². The van der Waals surface area contributed by atoms with Gasteiger partial charge < -0.3 is 15.8 Å².